The monoisotopic (exact) mass is 196 g/mol. The van der Waals surface area contributed by atoms with Crippen molar-refractivity contribution >= 4 is 9.24 Å². The van der Waals surface area contributed by atoms with Gasteiger partial charge in [-0.25, -0.2) is 0 Å². The van der Waals surface area contributed by atoms with Crippen molar-refractivity contribution in [1.82, 2.24) is 0 Å². The van der Waals surface area contributed by atoms with Crippen molar-refractivity contribution < 1.29 is 0 Å². The van der Waals surface area contributed by atoms with E-state index in [1.165, 1.54) is 24.4 Å². The first-order valence-electron chi connectivity index (χ1n) is 6.10. The van der Waals surface area contributed by atoms with E-state index in [2.05, 4.69) is 9.24 Å². The van der Waals surface area contributed by atoms with Crippen LogP contribution in [0.15, 0.2) is 0 Å². The molecule has 3 aliphatic rings. The molecule has 0 aromatic rings. The molecule has 3 saturated carbocycles. The molecule has 0 aromatic heterocycles. The van der Waals surface area contributed by atoms with Gasteiger partial charge < -0.3 is 0 Å². The highest BCUT2D eigenvalue weighted by molar-refractivity contribution is 7.16. The van der Waals surface area contributed by atoms with Gasteiger partial charge in [-0.3, -0.25) is 0 Å². The van der Waals surface area contributed by atoms with Crippen LogP contribution in [0.5, 0.6) is 0 Å². The molecule has 13 heavy (non-hydrogen) atoms. The van der Waals surface area contributed by atoms with E-state index in [1.54, 1.807) is 32.1 Å². The Morgan fingerprint density at radius 3 is 2.38 bits per heavy atom. The molecule has 3 rings (SSSR count). The van der Waals surface area contributed by atoms with Gasteiger partial charge in [-0.2, -0.15) is 0 Å². The predicted octanol–water partition coefficient (Wildman–Crippen LogP) is 3.32. The van der Waals surface area contributed by atoms with Gasteiger partial charge in [-0.15, -0.1) is 9.24 Å². The molecular formula is C12H21P. The molecule has 4 atom stereocenters. The predicted molar refractivity (Wildman–Crippen MR) is 59.7 cm³/mol. The quantitative estimate of drug-likeness (QED) is 0.605. The topological polar surface area (TPSA) is 0 Å². The smallest absolute Gasteiger partial charge is 0.0320 e. The summed E-state index contributed by atoms with van der Waals surface area (Å²) in [6.45, 7) is 0. The zero-order chi connectivity index (χ0) is 8.84. The summed E-state index contributed by atoms with van der Waals surface area (Å²) in [5, 5.41) is 0. The first-order valence-corrected chi connectivity index (χ1v) is 6.92. The van der Waals surface area contributed by atoms with Gasteiger partial charge >= 0.3 is 0 Å². The Bertz CT molecular complexity index is 193. The molecule has 0 heterocycles. The van der Waals surface area contributed by atoms with Gasteiger partial charge in [0.15, 0.2) is 0 Å². The lowest BCUT2D eigenvalue weighted by Gasteiger charge is -2.27. The molecule has 0 aliphatic heterocycles. The average molecular weight is 196 g/mol. The van der Waals surface area contributed by atoms with E-state index in [-0.39, 0.29) is 0 Å². The summed E-state index contributed by atoms with van der Waals surface area (Å²) in [7, 11) is 2.99. The van der Waals surface area contributed by atoms with Crippen molar-refractivity contribution in [1.29, 1.82) is 0 Å². The van der Waals surface area contributed by atoms with Gasteiger partial charge in [-0.05, 0) is 55.0 Å². The van der Waals surface area contributed by atoms with Crippen molar-refractivity contribution in [2.45, 2.75) is 38.5 Å². The van der Waals surface area contributed by atoms with Crippen LogP contribution >= 0.6 is 9.24 Å². The minimum absolute atomic E-state index is 1.11. The van der Waals surface area contributed by atoms with Crippen molar-refractivity contribution in [2.24, 2.45) is 29.6 Å². The number of hydrogen-bond donors (Lipinski definition) is 0. The Morgan fingerprint density at radius 2 is 1.92 bits per heavy atom. The van der Waals surface area contributed by atoms with Crippen LogP contribution in [-0.2, 0) is 0 Å². The second kappa shape index (κ2) is 3.23. The summed E-state index contributed by atoms with van der Waals surface area (Å²) in [5.74, 6) is 5.76. The first-order chi connectivity index (χ1) is 6.40. The SMILES string of the molecule is PCC(C1CC1)C1CC1C1CCC1. The molecule has 0 radical (unpaired) electrons. The summed E-state index contributed by atoms with van der Waals surface area (Å²) in [5.41, 5.74) is 0. The molecule has 0 bridgehead atoms. The fourth-order valence-corrected chi connectivity index (χ4v) is 4.11. The molecule has 3 fully saturated rings. The third-order valence-corrected chi connectivity index (χ3v) is 5.24. The Balaban J connectivity index is 1.54. The zero-order valence-electron chi connectivity index (χ0n) is 8.41. The van der Waals surface area contributed by atoms with Crippen LogP contribution < -0.4 is 0 Å². The largest absolute Gasteiger partial charge is 0.137 e. The molecule has 4 unspecified atom stereocenters. The lowest BCUT2D eigenvalue weighted by Crippen LogP contribution is -2.17. The number of rotatable bonds is 4. The highest BCUT2D eigenvalue weighted by Gasteiger charge is 2.51. The van der Waals surface area contributed by atoms with Gasteiger partial charge in [-0.1, -0.05) is 19.3 Å². The minimum atomic E-state index is 1.11. The maximum atomic E-state index is 2.99. The maximum absolute atomic E-state index is 2.99. The van der Waals surface area contributed by atoms with Gasteiger partial charge in [0.05, 0.1) is 0 Å². The van der Waals surface area contributed by atoms with E-state index in [4.69, 9.17) is 0 Å². The third kappa shape index (κ3) is 1.56. The third-order valence-electron chi connectivity index (χ3n) is 4.70. The molecule has 3 aliphatic carbocycles. The molecule has 0 amide bonds. The molecule has 0 aromatic carbocycles. The van der Waals surface area contributed by atoms with Gasteiger partial charge in [0.1, 0.15) is 0 Å². The van der Waals surface area contributed by atoms with E-state index < -0.39 is 0 Å². The molecule has 0 spiro atoms. The molecule has 0 N–H and O–H groups in total. The lowest BCUT2D eigenvalue weighted by molar-refractivity contribution is 0.248. The normalized spacial score (nSPS) is 41.3. The Morgan fingerprint density at radius 1 is 1.15 bits per heavy atom. The maximum Gasteiger partial charge on any atom is -0.0320 e. The standard InChI is InChI=1S/C12H21P/c13-7-12(9-4-5-9)11-6-10(11)8-2-1-3-8/h8-12H,1-7,13H2. The fourth-order valence-electron chi connectivity index (χ4n) is 3.38. The van der Waals surface area contributed by atoms with E-state index in [9.17, 15) is 0 Å². The molecular weight excluding hydrogens is 175 g/mol. The van der Waals surface area contributed by atoms with Crippen molar-refractivity contribution in [3.05, 3.63) is 0 Å². The minimum Gasteiger partial charge on any atom is -0.137 e. The van der Waals surface area contributed by atoms with Crippen LogP contribution in [0.2, 0.25) is 0 Å². The Hall–Kier alpha value is 0.430. The molecule has 74 valence electrons. The average Bonchev–Trinajstić information content (AvgIpc) is 2.83. The lowest BCUT2D eigenvalue weighted by atomic mass is 9.79. The summed E-state index contributed by atoms with van der Waals surface area (Å²) in [4.78, 5) is 0. The highest BCUT2D eigenvalue weighted by Crippen LogP contribution is 2.59. The van der Waals surface area contributed by atoms with E-state index in [1.807, 2.05) is 0 Å². The Kier molecular flexibility index (Phi) is 2.16. The van der Waals surface area contributed by atoms with Gasteiger partial charge in [0.2, 0.25) is 0 Å². The van der Waals surface area contributed by atoms with E-state index in [0.717, 1.165) is 17.8 Å². The van der Waals surface area contributed by atoms with Crippen LogP contribution in [0.4, 0.5) is 0 Å². The van der Waals surface area contributed by atoms with E-state index >= 15 is 0 Å². The van der Waals surface area contributed by atoms with E-state index in [0.29, 0.717) is 0 Å². The summed E-state index contributed by atoms with van der Waals surface area (Å²) in [6, 6.07) is 0. The van der Waals surface area contributed by atoms with Gasteiger partial charge in [0.25, 0.3) is 0 Å². The molecule has 1 heteroatoms. The summed E-state index contributed by atoms with van der Waals surface area (Å²) < 4.78 is 0. The van der Waals surface area contributed by atoms with Gasteiger partial charge in [0, 0.05) is 0 Å². The molecule has 0 nitrogen and oxygen atoms in total. The van der Waals surface area contributed by atoms with Crippen LogP contribution in [0, 0.1) is 29.6 Å². The zero-order valence-corrected chi connectivity index (χ0v) is 9.57. The summed E-state index contributed by atoms with van der Waals surface area (Å²) in [6.07, 6.45) is 10.7. The first kappa shape index (κ1) is 8.72. The second-order valence-corrected chi connectivity index (χ2v) is 5.96. The number of hydrogen-bond acceptors (Lipinski definition) is 0. The second-order valence-electron chi connectivity index (χ2n) is 5.49. The van der Waals surface area contributed by atoms with Crippen molar-refractivity contribution in [3.8, 4) is 0 Å². The molecule has 0 saturated heterocycles. The van der Waals surface area contributed by atoms with Crippen LogP contribution in [-0.4, -0.2) is 6.16 Å². The van der Waals surface area contributed by atoms with Crippen LogP contribution in [0.1, 0.15) is 38.5 Å². The summed E-state index contributed by atoms with van der Waals surface area (Å²) >= 11 is 0. The van der Waals surface area contributed by atoms with Crippen LogP contribution in [0.25, 0.3) is 0 Å². The van der Waals surface area contributed by atoms with Crippen molar-refractivity contribution in [3.63, 3.8) is 0 Å². The Labute approximate surface area is 84.1 Å². The highest BCUT2D eigenvalue weighted by atomic mass is 31.0. The van der Waals surface area contributed by atoms with Crippen molar-refractivity contribution in [2.75, 3.05) is 6.16 Å². The fraction of sp³-hybridized carbons (Fsp3) is 1.00. The van der Waals surface area contributed by atoms with Crippen LogP contribution in [0.3, 0.4) is 0 Å².